The second-order valence-electron chi connectivity index (χ2n) is 6.68. The van der Waals surface area contributed by atoms with Crippen LogP contribution < -0.4 is 0 Å². The Kier molecular flexibility index (Phi) is 25.0. The van der Waals surface area contributed by atoms with E-state index in [-0.39, 0.29) is 11.9 Å². The molecule has 0 unspecified atom stereocenters. The first kappa shape index (κ1) is 27.2. The average Bonchev–Trinajstić information content (AvgIpc) is 2.66. The molecule has 0 saturated carbocycles. The molecule has 156 valence electrons. The van der Waals surface area contributed by atoms with Gasteiger partial charge in [-0.2, -0.15) is 0 Å². The van der Waals surface area contributed by atoms with Gasteiger partial charge in [0.05, 0.1) is 13.2 Å². The number of ether oxygens (including phenoxy) is 2. The van der Waals surface area contributed by atoms with Gasteiger partial charge in [0, 0.05) is 12.8 Å². The topological polar surface area (TPSA) is 52.6 Å². The van der Waals surface area contributed by atoms with Gasteiger partial charge in [0.2, 0.25) is 0 Å². The van der Waals surface area contributed by atoms with Crippen molar-refractivity contribution in [3.05, 3.63) is 0 Å². The standard InChI is InChI=1S/2C11H22O2/c2*1-3-5-6-7-8-9-10-13-11(12)4-2/h2*3-10H2,1-2H3. The molecule has 0 aliphatic heterocycles. The van der Waals surface area contributed by atoms with Crippen molar-refractivity contribution in [3.8, 4) is 0 Å². The summed E-state index contributed by atoms with van der Waals surface area (Å²) in [7, 11) is 0. The van der Waals surface area contributed by atoms with Gasteiger partial charge in [-0.05, 0) is 12.8 Å². The third kappa shape index (κ3) is 25.2. The molecule has 0 rings (SSSR count). The predicted molar refractivity (Wildman–Crippen MR) is 109 cm³/mol. The average molecular weight is 373 g/mol. The van der Waals surface area contributed by atoms with Crippen LogP contribution >= 0.6 is 0 Å². The van der Waals surface area contributed by atoms with Crippen LogP contribution in [0.1, 0.15) is 118 Å². The first-order valence-electron chi connectivity index (χ1n) is 10.9. The van der Waals surface area contributed by atoms with E-state index in [4.69, 9.17) is 9.47 Å². The van der Waals surface area contributed by atoms with E-state index < -0.39 is 0 Å². The second kappa shape index (κ2) is 23.9. The lowest BCUT2D eigenvalue weighted by molar-refractivity contribution is -0.144. The number of hydrogen-bond donors (Lipinski definition) is 0. The SMILES string of the molecule is CCCCCCCCOC(=O)CC.CCCCCCCCOC(=O)CC. The Hall–Kier alpha value is -1.06. The Morgan fingerprint density at radius 2 is 0.808 bits per heavy atom. The molecular formula is C22H44O4. The van der Waals surface area contributed by atoms with Crippen molar-refractivity contribution in [1.82, 2.24) is 0 Å². The summed E-state index contributed by atoms with van der Waals surface area (Å²) in [5.41, 5.74) is 0. The third-order valence-electron chi connectivity index (χ3n) is 4.10. The minimum atomic E-state index is -0.0754. The molecule has 4 nitrogen and oxygen atoms in total. The number of rotatable bonds is 16. The van der Waals surface area contributed by atoms with E-state index in [2.05, 4.69) is 13.8 Å². The molecule has 0 bridgehead atoms. The lowest BCUT2D eigenvalue weighted by Gasteiger charge is -2.02. The van der Waals surface area contributed by atoms with Gasteiger partial charge in [-0.1, -0.05) is 91.9 Å². The molecule has 0 atom stereocenters. The van der Waals surface area contributed by atoms with Crippen molar-refractivity contribution < 1.29 is 19.1 Å². The van der Waals surface area contributed by atoms with Gasteiger partial charge >= 0.3 is 11.9 Å². The molecule has 0 spiro atoms. The number of esters is 2. The van der Waals surface area contributed by atoms with Gasteiger partial charge in [-0.25, -0.2) is 0 Å². The van der Waals surface area contributed by atoms with E-state index in [0.29, 0.717) is 26.1 Å². The van der Waals surface area contributed by atoms with Crippen molar-refractivity contribution in [2.24, 2.45) is 0 Å². The fraction of sp³-hybridized carbons (Fsp3) is 0.909. The van der Waals surface area contributed by atoms with Crippen LogP contribution in [0.2, 0.25) is 0 Å². The summed E-state index contributed by atoms with van der Waals surface area (Å²) in [4.78, 5) is 21.4. The van der Waals surface area contributed by atoms with E-state index in [1.54, 1.807) is 0 Å². The van der Waals surface area contributed by atoms with Crippen molar-refractivity contribution in [2.75, 3.05) is 13.2 Å². The van der Waals surface area contributed by atoms with E-state index in [9.17, 15) is 9.59 Å². The lowest BCUT2D eigenvalue weighted by Crippen LogP contribution is -2.03. The largest absolute Gasteiger partial charge is 0.466 e. The normalized spacial score (nSPS) is 10.0. The van der Waals surface area contributed by atoms with E-state index in [1.807, 2.05) is 13.8 Å². The van der Waals surface area contributed by atoms with Crippen LogP contribution in [0.4, 0.5) is 0 Å². The Labute approximate surface area is 162 Å². The van der Waals surface area contributed by atoms with Gasteiger partial charge in [0.25, 0.3) is 0 Å². The Morgan fingerprint density at radius 1 is 0.500 bits per heavy atom. The van der Waals surface area contributed by atoms with Crippen LogP contribution in [0.15, 0.2) is 0 Å². The van der Waals surface area contributed by atoms with Crippen molar-refractivity contribution in [1.29, 1.82) is 0 Å². The highest BCUT2D eigenvalue weighted by atomic mass is 16.5. The number of carbonyl (C=O) groups excluding carboxylic acids is 2. The molecule has 0 N–H and O–H groups in total. The molecule has 0 heterocycles. The van der Waals surface area contributed by atoms with E-state index in [0.717, 1.165) is 12.8 Å². The summed E-state index contributed by atoms with van der Waals surface area (Å²) >= 11 is 0. The molecule has 4 heteroatoms. The minimum Gasteiger partial charge on any atom is -0.466 e. The molecule has 0 aliphatic carbocycles. The van der Waals surface area contributed by atoms with Gasteiger partial charge in [-0.3, -0.25) is 9.59 Å². The predicted octanol–water partition coefficient (Wildman–Crippen LogP) is 6.60. The van der Waals surface area contributed by atoms with Crippen molar-refractivity contribution >= 4 is 11.9 Å². The van der Waals surface area contributed by atoms with Gasteiger partial charge in [0.15, 0.2) is 0 Å². The fourth-order valence-corrected chi connectivity index (χ4v) is 2.34. The molecule has 0 aromatic heterocycles. The minimum absolute atomic E-state index is 0.0754. The number of carbonyl (C=O) groups is 2. The summed E-state index contributed by atoms with van der Waals surface area (Å²) < 4.78 is 9.92. The summed E-state index contributed by atoms with van der Waals surface area (Å²) in [6.07, 6.45) is 15.8. The number of unbranched alkanes of at least 4 members (excludes halogenated alkanes) is 10. The van der Waals surface area contributed by atoms with Crippen LogP contribution in [0.5, 0.6) is 0 Å². The highest BCUT2D eigenvalue weighted by Gasteiger charge is 1.97. The van der Waals surface area contributed by atoms with Crippen LogP contribution in [0.25, 0.3) is 0 Å². The second-order valence-corrected chi connectivity index (χ2v) is 6.68. The summed E-state index contributed by atoms with van der Waals surface area (Å²) in [5, 5.41) is 0. The van der Waals surface area contributed by atoms with Crippen LogP contribution in [-0.2, 0) is 19.1 Å². The molecule has 0 fully saturated rings. The lowest BCUT2D eigenvalue weighted by atomic mass is 10.1. The fourth-order valence-electron chi connectivity index (χ4n) is 2.34. The van der Waals surface area contributed by atoms with Crippen molar-refractivity contribution in [2.45, 2.75) is 118 Å². The van der Waals surface area contributed by atoms with Crippen molar-refractivity contribution in [3.63, 3.8) is 0 Å². The van der Waals surface area contributed by atoms with E-state index >= 15 is 0 Å². The molecule has 0 radical (unpaired) electrons. The third-order valence-corrected chi connectivity index (χ3v) is 4.10. The Morgan fingerprint density at radius 3 is 1.12 bits per heavy atom. The van der Waals surface area contributed by atoms with Gasteiger partial charge in [-0.15, -0.1) is 0 Å². The maximum atomic E-state index is 10.7. The van der Waals surface area contributed by atoms with Gasteiger partial charge in [0.1, 0.15) is 0 Å². The van der Waals surface area contributed by atoms with Crippen LogP contribution in [0.3, 0.4) is 0 Å². The summed E-state index contributed by atoms with van der Waals surface area (Å²) in [5.74, 6) is -0.151. The highest BCUT2D eigenvalue weighted by Crippen LogP contribution is 2.05. The van der Waals surface area contributed by atoms with Gasteiger partial charge < -0.3 is 9.47 Å². The molecule has 0 amide bonds. The molecule has 26 heavy (non-hydrogen) atoms. The molecule has 0 aromatic carbocycles. The monoisotopic (exact) mass is 372 g/mol. The molecule has 0 aliphatic rings. The molecule has 0 aromatic rings. The van der Waals surface area contributed by atoms with Crippen LogP contribution in [0, 0.1) is 0 Å². The maximum Gasteiger partial charge on any atom is 0.305 e. The zero-order valence-electron chi connectivity index (χ0n) is 17.9. The van der Waals surface area contributed by atoms with E-state index in [1.165, 1.54) is 64.2 Å². The molecular weight excluding hydrogens is 328 g/mol. The number of hydrogen-bond acceptors (Lipinski definition) is 4. The van der Waals surface area contributed by atoms with Crippen LogP contribution in [-0.4, -0.2) is 25.2 Å². The quantitative estimate of drug-likeness (QED) is 0.226. The molecule has 0 saturated heterocycles. The summed E-state index contributed by atoms with van der Waals surface area (Å²) in [6.45, 7) is 9.29. The Bertz CT molecular complexity index is 273. The highest BCUT2D eigenvalue weighted by molar-refractivity contribution is 5.69. The maximum absolute atomic E-state index is 10.7. The first-order chi connectivity index (χ1) is 12.6. The first-order valence-corrected chi connectivity index (χ1v) is 10.9. The zero-order chi connectivity index (χ0) is 19.9. The summed E-state index contributed by atoms with van der Waals surface area (Å²) in [6, 6.07) is 0. The zero-order valence-corrected chi connectivity index (χ0v) is 17.9. The smallest absolute Gasteiger partial charge is 0.305 e. The Balaban J connectivity index is 0.